The van der Waals surface area contributed by atoms with Gasteiger partial charge in [-0.15, -0.1) is 0 Å². The Morgan fingerprint density at radius 3 is 2.70 bits per heavy atom. The molecule has 0 saturated carbocycles. The fourth-order valence-electron chi connectivity index (χ4n) is 1.57. The van der Waals surface area contributed by atoms with Crippen LogP contribution in [0.15, 0.2) is 39.8 Å². The van der Waals surface area contributed by atoms with Crippen LogP contribution in [0, 0.1) is 5.82 Å². The van der Waals surface area contributed by atoms with E-state index in [0.29, 0.717) is 11.4 Å². The van der Waals surface area contributed by atoms with Crippen LogP contribution in [0.1, 0.15) is 5.76 Å². The maximum atomic E-state index is 13.2. The van der Waals surface area contributed by atoms with Gasteiger partial charge in [0.1, 0.15) is 5.76 Å². The van der Waals surface area contributed by atoms with Crippen molar-refractivity contribution in [2.24, 2.45) is 5.14 Å². The molecule has 2 rings (SSSR count). The van der Waals surface area contributed by atoms with E-state index >= 15 is 0 Å². The molecule has 0 unspecified atom stereocenters. The van der Waals surface area contributed by atoms with Crippen LogP contribution >= 0.6 is 0 Å². The molecule has 0 radical (unpaired) electrons. The molecule has 0 bridgehead atoms. The lowest BCUT2D eigenvalue weighted by Crippen LogP contribution is -2.10. The molecule has 0 atom stereocenters. The van der Waals surface area contributed by atoms with Crippen LogP contribution in [0.5, 0.6) is 5.75 Å². The molecular weight excluding hydrogens is 287 g/mol. The second-order valence-electron chi connectivity index (χ2n) is 3.97. The minimum absolute atomic E-state index is 0.111. The van der Waals surface area contributed by atoms with Crippen molar-refractivity contribution in [1.29, 1.82) is 0 Å². The Labute approximate surface area is 115 Å². The molecule has 108 valence electrons. The maximum Gasteiger partial charge on any atom is 0.271 e. The van der Waals surface area contributed by atoms with Crippen molar-refractivity contribution >= 4 is 15.7 Å². The standard InChI is InChI=1S/C12H13FN2O4S/c1-18-11-6-8(2-4-10(11)13)15-7-9-3-5-12(19-9)20(14,16)17/h2-6,15H,7H2,1H3,(H2,14,16,17). The number of hydrogen-bond acceptors (Lipinski definition) is 5. The number of halogens is 1. The zero-order valence-electron chi connectivity index (χ0n) is 10.6. The fraction of sp³-hybridized carbons (Fsp3) is 0.167. The summed E-state index contributed by atoms with van der Waals surface area (Å²) in [5, 5.41) is 7.58. The summed E-state index contributed by atoms with van der Waals surface area (Å²) in [5.74, 6) is 0.0320. The molecular formula is C12H13FN2O4S. The summed E-state index contributed by atoms with van der Waals surface area (Å²) in [6.45, 7) is 0.226. The molecule has 0 aliphatic carbocycles. The number of furan rings is 1. The molecule has 1 heterocycles. The highest BCUT2D eigenvalue weighted by atomic mass is 32.2. The Morgan fingerprint density at radius 1 is 1.35 bits per heavy atom. The fourth-order valence-corrected chi connectivity index (χ4v) is 2.05. The Balaban J connectivity index is 2.07. The summed E-state index contributed by atoms with van der Waals surface area (Å²) in [6, 6.07) is 7.05. The minimum atomic E-state index is -3.85. The quantitative estimate of drug-likeness (QED) is 0.876. The van der Waals surface area contributed by atoms with Crippen molar-refractivity contribution in [2.75, 3.05) is 12.4 Å². The van der Waals surface area contributed by atoms with E-state index < -0.39 is 15.8 Å². The first-order valence-corrected chi connectivity index (χ1v) is 7.13. The topological polar surface area (TPSA) is 94.6 Å². The van der Waals surface area contributed by atoms with Crippen molar-refractivity contribution in [3.05, 3.63) is 41.9 Å². The number of sulfonamides is 1. The second-order valence-corrected chi connectivity index (χ2v) is 5.46. The van der Waals surface area contributed by atoms with Gasteiger partial charge in [-0.05, 0) is 24.3 Å². The van der Waals surface area contributed by atoms with E-state index in [-0.39, 0.29) is 17.4 Å². The molecule has 1 aromatic heterocycles. The van der Waals surface area contributed by atoms with Gasteiger partial charge in [0.2, 0.25) is 5.09 Å². The van der Waals surface area contributed by atoms with Gasteiger partial charge in [-0.2, -0.15) is 0 Å². The number of hydrogen-bond donors (Lipinski definition) is 2. The lowest BCUT2D eigenvalue weighted by atomic mass is 10.3. The van der Waals surface area contributed by atoms with Crippen LogP contribution in [-0.4, -0.2) is 15.5 Å². The van der Waals surface area contributed by atoms with E-state index in [0.717, 1.165) is 0 Å². The normalized spacial score (nSPS) is 11.3. The largest absolute Gasteiger partial charge is 0.494 e. The van der Waals surface area contributed by atoms with Gasteiger partial charge >= 0.3 is 0 Å². The average molecular weight is 300 g/mol. The van der Waals surface area contributed by atoms with Gasteiger partial charge in [-0.3, -0.25) is 0 Å². The van der Waals surface area contributed by atoms with Crippen LogP contribution < -0.4 is 15.2 Å². The third-order valence-corrected chi connectivity index (χ3v) is 3.32. The van der Waals surface area contributed by atoms with E-state index in [4.69, 9.17) is 14.3 Å². The van der Waals surface area contributed by atoms with Crippen molar-refractivity contribution in [3.8, 4) is 5.75 Å². The van der Waals surface area contributed by atoms with Crippen molar-refractivity contribution in [1.82, 2.24) is 0 Å². The number of nitrogens with one attached hydrogen (secondary N) is 1. The van der Waals surface area contributed by atoms with Gasteiger partial charge < -0.3 is 14.5 Å². The minimum Gasteiger partial charge on any atom is -0.494 e. The smallest absolute Gasteiger partial charge is 0.271 e. The second kappa shape index (κ2) is 5.51. The van der Waals surface area contributed by atoms with Crippen LogP contribution in [-0.2, 0) is 16.6 Å². The van der Waals surface area contributed by atoms with Gasteiger partial charge in [0.25, 0.3) is 10.0 Å². The Bertz CT molecular complexity index is 712. The molecule has 0 saturated heterocycles. The Kier molecular flexibility index (Phi) is 3.96. The van der Waals surface area contributed by atoms with Gasteiger partial charge in [-0.25, -0.2) is 17.9 Å². The predicted octanol–water partition coefficient (Wildman–Crippen LogP) is 1.69. The van der Waals surface area contributed by atoms with Gasteiger partial charge in [0.15, 0.2) is 11.6 Å². The van der Waals surface area contributed by atoms with Gasteiger partial charge in [0.05, 0.1) is 13.7 Å². The number of methoxy groups -OCH3 is 1. The zero-order valence-corrected chi connectivity index (χ0v) is 11.4. The highest BCUT2D eigenvalue weighted by molar-refractivity contribution is 7.89. The van der Waals surface area contributed by atoms with E-state index in [1.165, 1.54) is 37.4 Å². The summed E-state index contributed by atoms with van der Waals surface area (Å²) in [4.78, 5) is 0. The molecule has 3 N–H and O–H groups in total. The summed E-state index contributed by atoms with van der Waals surface area (Å²) in [6.07, 6.45) is 0. The number of anilines is 1. The van der Waals surface area contributed by atoms with Crippen LogP contribution in [0.2, 0.25) is 0 Å². The lowest BCUT2D eigenvalue weighted by Gasteiger charge is -2.07. The average Bonchev–Trinajstić information content (AvgIpc) is 2.86. The van der Waals surface area contributed by atoms with E-state index in [2.05, 4.69) is 5.32 Å². The van der Waals surface area contributed by atoms with Crippen molar-refractivity contribution in [2.45, 2.75) is 11.6 Å². The summed E-state index contributed by atoms with van der Waals surface area (Å²) < 4.78 is 45.2. The summed E-state index contributed by atoms with van der Waals surface area (Å²) >= 11 is 0. The number of benzene rings is 1. The number of nitrogens with two attached hydrogens (primary N) is 1. The predicted molar refractivity (Wildman–Crippen MR) is 70.4 cm³/mol. The first-order chi connectivity index (χ1) is 9.40. The molecule has 6 nitrogen and oxygen atoms in total. The van der Waals surface area contributed by atoms with Crippen LogP contribution in [0.25, 0.3) is 0 Å². The third-order valence-electron chi connectivity index (χ3n) is 2.54. The number of rotatable bonds is 5. The third kappa shape index (κ3) is 3.28. The molecule has 8 heteroatoms. The van der Waals surface area contributed by atoms with E-state index in [9.17, 15) is 12.8 Å². The molecule has 0 aliphatic heterocycles. The first-order valence-electron chi connectivity index (χ1n) is 5.59. The monoisotopic (exact) mass is 300 g/mol. The highest BCUT2D eigenvalue weighted by Gasteiger charge is 2.13. The maximum absolute atomic E-state index is 13.2. The number of primary sulfonamides is 1. The molecule has 20 heavy (non-hydrogen) atoms. The van der Waals surface area contributed by atoms with E-state index in [1.54, 1.807) is 0 Å². The lowest BCUT2D eigenvalue weighted by molar-refractivity contribution is 0.386. The molecule has 1 aromatic carbocycles. The van der Waals surface area contributed by atoms with Crippen molar-refractivity contribution in [3.63, 3.8) is 0 Å². The Morgan fingerprint density at radius 2 is 2.10 bits per heavy atom. The molecule has 0 aliphatic rings. The van der Waals surface area contributed by atoms with E-state index in [1.807, 2.05) is 0 Å². The summed E-state index contributed by atoms with van der Waals surface area (Å²) in [5.41, 5.74) is 0.608. The molecule has 2 aromatic rings. The molecule has 0 amide bonds. The Hall–Kier alpha value is -2.06. The van der Waals surface area contributed by atoms with Gasteiger partial charge in [-0.1, -0.05) is 0 Å². The number of ether oxygens (including phenoxy) is 1. The molecule has 0 spiro atoms. The highest BCUT2D eigenvalue weighted by Crippen LogP contribution is 2.22. The zero-order chi connectivity index (χ0) is 14.8. The van der Waals surface area contributed by atoms with Gasteiger partial charge in [0, 0.05) is 11.8 Å². The van der Waals surface area contributed by atoms with Crippen LogP contribution in [0.3, 0.4) is 0 Å². The molecule has 0 fully saturated rings. The SMILES string of the molecule is COc1cc(NCc2ccc(S(N)(=O)=O)o2)ccc1F. The summed E-state index contributed by atoms with van der Waals surface area (Å²) in [7, 11) is -2.48. The van der Waals surface area contributed by atoms with Crippen molar-refractivity contribution < 1.29 is 22.0 Å². The first kappa shape index (κ1) is 14.4. The van der Waals surface area contributed by atoms with Crippen LogP contribution in [0.4, 0.5) is 10.1 Å².